The van der Waals surface area contributed by atoms with Crippen LogP contribution in [0.3, 0.4) is 0 Å². The first-order valence-electron chi connectivity index (χ1n) is 8.67. The van der Waals surface area contributed by atoms with Crippen molar-refractivity contribution in [2.75, 3.05) is 0 Å². The third-order valence-electron chi connectivity index (χ3n) is 4.34. The van der Waals surface area contributed by atoms with Crippen molar-refractivity contribution in [3.63, 3.8) is 0 Å². The maximum Gasteiger partial charge on any atom is 0.339 e. The number of Topliss-reactive ketones (excluding diaryl/α,β-unsaturated/α-hetero) is 1. The lowest BCUT2D eigenvalue weighted by Gasteiger charge is -2.18. The van der Waals surface area contributed by atoms with E-state index in [1.807, 2.05) is 6.92 Å². The molecule has 0 aliphatic carbocycles. The normalized spacial score (nSPS) is 11.5. The Hall–Kier alpha value is -3.32. The molecule has 0 saturated heterocycles. The number of carbonyl (C=O) groups is 2. The Bertz CT molecular complexity index is 1060. The predicted molar refractivity (Wildman–Crippen MR) is 111 cm³/mol. The maximum atomic E-state index is 13.0. The van der Waals surface area contributed by atoms with Crippen molar-refractivity contribution in [1.29, 1.82) is 0 Å². The van der Waals surface area contributed by atoms with E-state index in [-0.39, 0.29) is 11.3 Å². The first kappa shape index (κ1) is 20.4. The van der Waals surface area contributed by atoms with Gasteiger partial charge < -0.3 is 4.74 Å². The fourth-order valence-electron chi connectivity index (χ4n) is 2.69. The lowest BCUT2D eigenvalue weighted by atomic mass is 9.99. The molecular formula is C22H16BrNO5. The number of halogens is 1. The molecule has 0 heterocycles. The summed E-state index contributed by atoms with van der Waals surface area (Å²) in [6, 6.07) is 18.8. The smallest absolute Gasteiger partial charge is 0.339 e. The molecule has 3 aromatic carbocycles. The molecule has 0 aromatic heterocycles. The summed E-state index contributed by atoms with van der Waals surface area (Å²) in [5.41, 5.74) is 1.84. The molecule has 0 radical (unpaired) electrons. The highest BCUT2D eigenvalue weighted by Gasteiger charge is 2.27. The third-order valence-corrected chi connectivity index (χ3v) is 5.19. The number of aryl methyl sites for hydroxylation is 1. The number of ketones is 1. The average molecular weight is 454 g/mol. The number of carbonyl (C=O) groups excluding carboxylic acids is 2. The Labute approximate surface area is 175 Å². The zero-order valence-corrected chi connectivity index (χ0v) is 17.0. The van der Waals surface area contributed by atoms with Gasteiger partial charge in [0.15, 0.2) is 6.10 Å². The van der Waals surface area contributed by atoms with Crippen LogP contribution in [0.15, 0.2) is 77.3 Å². The molecule has 6 nitrogen and oxygen atoms in total. The van der Waals surface area contributed by atoms with Crippen molar-refractivity contribution in [1.82, 2.24) is 0 Å². The molecule has 29 heavy (non-hydrogen) atoms. The van der Waals surface area contributed by atoms with Gasteiger partial charge in [0.2, 0.25) is 5.78 Å². The zero-order valence-electron chi connectivity index (χ0n) is 15.4. The van der Waals surface area contributed by atoms with Crippen molar-refractivity contribution < 1.29 is 19.2 Å². The summed E-state index contributed by atoms with van der Waals surface area (Å²) < 4.78 is 6.30. The molecule has 0 bridgehead atoms. The summed E-state index contributed by atoms with van der Waals surface area (Å²) in [6.45, 7) is 1.89. The molecule has 3 rings (SSSR count). The molecule has 0 aliphatic rings. The number of esters is 1. The number of nitro groups is 1. The lowest BCUT2D eigenvalue weighted by Crippen LogP contribution is -2.20. The Morgan fingerprint density at radius 2 is 1.62 bits per heavy atom. The molecule has 0 unspecified atom stereocenters. The van der Waals surface area contributed by atoms with Crippen molar-refractivity contribution in [2.24, 2.45) is 0 Å². The first-order chi connectivity index (χ1) is 13.9. The first-order valence-corrected chi connectivity index (χ1v) is 9.47. The van der Waals surface area contributed by atoms with Crippen LogP contribution < -0.4 is 0 Å². The van der Waals surface area contributed by atoms with Gasteiger partial charge in [-0.1, -0.05) is 52.3 Å². The molecule has 0 saturated carbocycles. The Kier molecular flexibility index (Phi) is 6.19. The predicted octanol–water partition coefficient (Wildman–Crippen LogP) is 5.45. The van der Waals surface area contributed by atoms with Crippen molar-refractivity contribution in [2.45, 2.75) is 13.0 Å². The van der Waals surface area contributed by atoms with E-state index in [0.717, 1.165) is 10.0 Å². The quantitative estimate of drug-likeness (QED) is 0.214. The van der Waals surface area contributed by atoms with Crippen LogP contribution in [0.4, 0.5) is 5.69 Å². The Morgan fingerprint density at radius 1 is 0.966 bits per heavy atom. The number of hydrogen-bond donors (Lipinski definition) is 0. The van der Waals surface area contributed by atoms with Crippen LogP contribution in [0.2, 0.25) is 0 Å². The van der Waals surface area contributed by atoms with E-state index >= 15 is 0 Å². The van der Waals surface area contributed by atoms with Gasteiger partial charge in [-0.2, -0.15) is 0 Å². The summed E-state index contributed by atoms with van der Waals surface area (Å²) in [6.07, 6.45) is -1.23. The second-order valence-corrected chi connectivity index (χ2v) is 7.18. The molecule has 0 aliphatic heterocycles. The van der Waals surface area contributed by atoms with Crippen molar-refractivity contribution in [3.05, 3.63) is 110 Å². The molecule has 3 aromatic rings. The number of non-ortho nitro benzene ring substituents is 1. The van der Waals surface area contributed by atoms with E-state index in [2.05, 4.69) is 15.9 Å². The summed E-state index contributed by atoms with van der Waals surface area (Å²) >= 11 is 3.37. The largest absolute Gasteiger partial charge is 0.445 e. The Morgan fingerprint density at radius 3 is 2.21 bits per heavy atom. The number of nitro benzene ring substituents is 1. The second-order valence-electron chi connectivity index (χ2n) is 6.33. The molecular weight excluding hydrogens is 438 g/mol. The van der Waals surface area contributed by atoms with Gasteiger partial charge in [0.25, 0.3) is 5.69 Å². The fraction of sp³-hybridized carbons (Fsp3) is 0.0909. The van der Waals surface area contributed by atoms with E-state index in [1.165, 1.54) is 24.3 Å². The topological polar surface area (TPSA) is 86.5 Å². The lowest BCUT2D eigenvalue weighted by molar-refractivity contribution is -0.384. The molecule has 1 atom stereocenters. The summed E-state index contributed by atoms with van der Waals surface area (Å²) in [5, 5.41) is 10.9. The standard InChI is InChI=1S/C22H16BrNO5/c1-14-7-8-17(13-19(14)23)22(26)29-21(20(25)15-5-3-2-4-6-15)16-9-11-18(12-10-16)24(27)28/h2-13,21H,1H3/t21-/m1/s1. The van der Waals surface area contributed by atoms with E-state index in [9.17, 15) is 19.7 Å². The van der Waals surface area contributed by atoms with Crippen LogP contribution in [0.25, 0.3) is 0 Å². The molecule has 146 valence electrons. The maximum absolute atomic E-state index is 13.0. The molecule has 0 fully saturated rings. The SMILES string of the molecule is Cc1ccc(C(=O)O[C@@H](C(=O)c2ccccc2)c2ccc([N+](=O)[O-])cc2)cc1Br. The van der Waals surface area contributed by atoms with Crippen LogP contribution in [0, 0.1) is 17.0 Å². The minimum atomic E-state index is -1.23. The number of benzene rings is 3. The van der Waals surface area contributed by atoms with Crippen LogP contribution >= 0.6 is 15.9 Å². The van der Waals surface area contributed by atoms with E-state index in [4.69, 9.17) is 4.74 Å². The van der Waals surface area contributed by atoms with E-state index in [0.29, 0.717) is 11.1 Å². The third kappa shape index (κ3) is 4.75. The van der Waals surface area contributed by atoms with Gasteiger partial charge in [-0.15, -0.1) is 0 Å². The van der Waals surface area contributed by atoms with Gasteiger partial charge in [0.1, 0.15) is 0 Å². The van der Waals surface area contributed by atoms with Crippen LogP contribution in [0.5, 0.6) is 0 Å². The van der Waals surface area contributed by atoms with Gasteiger partial charge in [-0.25, -0.2) is 4.79 Å². The van der Waals surface area contributed by atoms with Gasteiger partial charge in [-0.3, -0.25) is 14.9 Å². The van der Waals surface area contributed by atoms with Gasteiger partial charge in [-0.05, 0) is 36.8 Å². The van der Waals surface area contributed by atoms with Gasteiger partial charge in [0, 0.05) is 27.7 Å². The minimum absolute atomic E-state index is 0.117. The second kappa shape index (κ2) is 8.79. The van der Waals surface area contributed by atoms with E-state index < -0.39 is 22.8 Å². The van der Waals surface area contributed by atoms with Crippen LogP contribution in [-0.2, 0) is 4.74 Å². The molecule has 7 heteroatoms. The minimum Gasteiger partial charge on any atom is -0.445 e. The zero-order chi connectivity index (χ0) is 21.0. The van der Waals surface area contributed by atoms with Gasteiger partial charge in [0.05, 0.1) is 10.5 Å². The van der Waals surface area contributed by atoms with Crippen molar-refractivity contribution in [3.8, 4) is 0 Å². The summed E-state index contributed by atoms with van der Waals surface area (Å²) in [4.78, 5) is 36.1. The summed E-state index contributed by atoms with van der Waals surface area (Å²) in [7, 11) is 0. The van der Waals surface area contributed by atoms with E-state index in [1.54, 1.807) is 48.5 Å². The fourth-order valence-corrected chi connectivity index (χ4v) is 3.07. The highest BCUT2D eigenvalue weighted by atomic mass is 79.9. The highest BCUT2D eigenvalue weighted by molar-refractivity contribution is 9.10. The molecule has 0 amide bonds. The number of nitrogens with zero attached hydrogens (tertiary/aromatic N) is 1. The van der Waals surface area contributed by atoms with Crippen LogP contribution in [-0.4, -0.2) is 16.7 Å². The molecule has 0 N–H and O–H groups in total. The van der Waals surface area contributed by atoms with Gasteiger partial charge >= 0.3 is 5.97 Å². The van der Waals surface area contributed by atoms with Crippen LogP contribution in [0.1, 0.15) is 37.9 Å². The Balaban J connectivity index is 1.95. The number of ether oxygens (including phenoxy) is 1. The monoisotopic (exact) mass is 453 g/mol. The highest BCUT2D eigenvalue weighted by Crippen LogP contribution is 2.27. The number of rotatable bonds is 6. The average Bonchev–Trinajstić information content (AvgIpc) is 2.74. The number of hydrogen-bond acceptors (Lipinski definition) is 5. The summed E-state index contributed by atoms with van der Waals surface area (Å²) in [5.74, 6) is -1.09. The molecule has 0 spiro atoms. The van der Waals surface area contributed by atoms with Crippen molar-refractivity contribution >= 4 is 33.4 Å².